The molecule has 1 heteroatoms. The van der Waals surface area contributed by atoms with Gasteiger partial charge in [-0.25, -0.2) is 0 Å². The highest BCUT2D eigenvalue weighted by Crippen LogP contribution is 2.26. The second-order valence-corrected chi connectivity index (χ2v) is 5.37. The molecule has 1 rings (SSSR count). The summed E-state index contributed by atoms with van der Waals surface area (Å²) in [4.78, 5) is 2.69. The molecule has 0 saturated carbocycles. The summed E-state index contributed by atoms with van der Waals surface area (Å²) in [6, 6.07) is 1.59. The molecule has 0 amide bonds. The average Bonchev–Trinajstić information content (AvgIpc) is 2.28. The Hall–Kier alpha value is -0.0400. The van der Waals surface area contributed by atoms with Gasteiger partial charge in [0.05, 0.1) is 0 Å². The summed E-state index contributed by atoms with van der Waals surface area (Å²) in [7, 11) is 0. The zero-order chi connectivity index (χ0) is 10.0. The molecular formula is C12H25N. The van der Waals surface area contributed by atoms with Crippen molar-refractivity contribution < 1.29 is 0 Å². The molecule has 1 fully saturated rings. The Kier molecular flexibility index (Phi) is 3.78. The third-order valence-electron chi connectivity index (χ3n) is 3.21. The Morgan fingerprint density at radius 1 is 1.23 bits per heavy atom. The lowest BCUT2D eigenvalue weighted by atomic mass is 10.0. The molecule has 0 N–H and O–H groups in total. The van der Waals surface area contributed by atoms with Gasteiger partial charge in [0.15, 0.2) is 0 Å². The Morgan fingerprint density at radius 3 is 2.23 bits per heavy atom. The minimum atomic E-state index is 0.778. The van der Waals surface area contributed by atoms with Gasteiger partial charge >= 0.3 is 0 Å². The first-order chi connectivity index (χ1) is 6.00. The summed E-state index contributed by atoms with van der Waals surface area (Å²) in [5, 5.41) is 0. The molecule has 13 heavy (non-hydrogen) atoms. The maximum absolute atomic E-state index is 2.69. The van der Waals surface area contributed by atoms with E-state index in [0.29, 0.717) is 0 Å². The van der Waals surface area contributed by atoms with E-state index in [1.807, 2.05) is 0 Å². The van der Waals surface area contributed by atoms with Gasteiger partial charge in [-0.15, -0.1) is 0 Å². The zero-order valence-electron chi connectivity index (χ0n) is 9.88. The normalized spacial score (nSPS) is 32.8. The Morgan fingerprint density at radius 2 is 1.85 bits per heavy atom. The summed E-state index contributed by atoms with van der Waals surface area (Å²) in [6.45, 7) is 13.1. The number of hydrogen-bond donors (Lipinski definition) is 0. The molecular weight excluding hydrogens is 158 g/mol. The van der Waals surface area contributed by atoms with E-state index in [2.05, 4.69) is 39.5 Å². The summed E-state index contributed by atoms with van der Waals surface area (Å²) in [6.07, 6.45) is 2.74. The van der Waals surface area contributed by atoms with Gasteiger partial charge in [-0.1, -0.05) is 20.8 Å². The highest BCUT2D eigenvalue weighted by molar-refractivity contribution is 4.83. The average molecular weight is 183 g/mol. The molecule has 1 saturated heterocycles. The second kappa shape index (κ2) is 4.45. The van der Waals surface area contributed by atoms with Crippen LogP contribution in [0.15, 0.2) is 0 Å². The van der Waals surface area contributed by atoms with Crippen LogP contribution in [0, 0.1) is 11.8 Å². The maximum atomic E-state index is 2.69. The van der Waals surface area contributed by atoms with Crippen molar-refractivity contribution in [2.24, 2.45) is 11.8 Å². The molecule has 0 bridgehead atoms. The zero-order valence-corrected chi connectivity index (χ0v) is 9.88. The monoisotopic (exact) mass is 183 g/mol. The van der Waals surface area contributed by atoms with E-state index in [-0.39, 0.29) is 0 Å². The van der Waals surface area contributed by atoms with E-state index < -0.39 is 0 Å². The van der Waals surface area contributed by atoms with Crippen LogP contribution in [0.2, 0.25) is 0 Å². The van der Waals surface area contributed by atoms with Crippen molar-refractivity contribution in [3.8, 4) is 0 Å². The van der Waals surface area contributed by atoms with E-state index in [1.54, 1.807) is 0 Å². The lowest BCUT2D eigenvalue weighted by molar-refractivity contribution is 0.177. The lowest BCUT2D eigenvalue weighted by Gasteiger charge is -2.29. The minimum absolute atomic E-state index is 0.778. The van der Waals surface area contributed by atoms with Crippen molar-refractivity contribution in [3.63, 3.8) is 0 Å². The van der Waals surface area contributed by atoms with E-state index in [1.165, 1.54) is 19.4 Å². The molecule has 0 aliphatic carbocycles. The third-order valence-corrected chi connectivity index (χ3v) is 3.21. The molecule has 1 aliphatic rings. The number of rotatable bonds is 3. The van der Waals surface area contributed by atoms with Gasteiger partial charge in [-0.2, -0.15) is 0 Å². The predicted molar refractivity (Wildman–Crippen MR) is 58.9 cm³/mol. The van der Waals surface area contributed by atoms with Gasteiger partial charge in [-0.3, -0.25) is 4.90 Å². The van der Waals surface area contributed by atoms with Crippen molar-refractivity contribution in [2.75, 3.05) is 6.54 Å². The fraction of sp³-hybridized carbons (Fsp3) is 1.00. The van der Waals surface area contributed by atoms with Crippen LogP contribution in [-0.4, -0.2) is 23.5 Å². The molecule has 0 spiro atoms. The summed E-state index contributed by atoms with van der Waals surface area (Å²) < 4.78 is 0. The molecule has 0 aromatic heterocycles. The smallest absolute Gasteiger partial charge is 0.00728 e. The van der Waals surface area contributed by atoms with Crippen molar-refractivity contribution >= 4 is 0 Å². The molecule has 1 nitrogen and oxygen atoms in total. The van der Waals surface area contributed by atoms with Crippen molar-refractivity contribution in [1.82, 2.24) is 4.90 Å². The standard InChI is InChI=1S/C12H25N/c1-9(2)6-11(4)13-8-10(3)7-12(13)5/h9-12H,6-8H2,1-5H3. The van der Waals surface area contributed by atoms with Crippen LogP contribution in [0.5, 0.6) is 0 Å². The fourth-order valence-electron chi connectivity index (χ4n) is 2.76. The predicted octanol–water partition coefficient (Wildman–Crippen LogP) is 3.15. The van der Waals surface area contributed by atoms with Crippen LogP contribution in [0.1, 0.15) is 47.5 Å². The SMILES string of the molecule is CC(C)CC(C)N1CC(C)CC1C. The summed E-state index contributed by atoms with van der Waals surface area (Å²) in [5.74, 6) is 1.74. The van der Waals surface area contributed by atoms with Gasteiger partial charge in [0.2, 0.25) is 0 Å². The molecule has 3 atom stereocenters. The first-order valence-electron chi connectivity index (χ1n) is 5.76. The van der Waals surface area contributed by atoms with Crippen LogP contribution in [0.3, 0.4) is 0 Å². The van der Waals surface area contributed by atoms with Crippen molar-refractivity contribution in [3.05, 3.63) is 0 Å². The fourth-order valence-corrected chi connectivity index (χ4v) is 2.76. The third kappa shape index (κ3) is 2.98. The van der Waals surface area contributed by atoms with Crippen LogP contribution in [0.25, 0.3) is 0 Å². The van der Waals surface area contributed by atoms with Gasteiger partial charge < -0.3 is 0 Å². The Labute approximate surface area is 83.5 Å². The number of hydrogen-bond acceptors (Lipinski definition) is 1. The first-order valence-corrected chi connectivity index (χ1v) is 5.76. The topological polar surface area (TPSA) is 3.24 Å². The van der Waals surface area contributed by atoms with Crippen LogP contribution >= 0.6 is 0 Å². The molecule has 0 aromatic rings. The van der Waals surface area contributed by atoms with E-state index in [4.69, 9.17) is 0 Å². The summed E-state index contributed by atoms with van der Waals surface area (Å²) >= 11 is 0. The molecule has 1 aliphatic heterocycles. The number of nitrogens with zero attached hydrogens (tertiary/aromatic N) is 1. The number of likely N-dealkylation sites (tertiary alicyclic amines) is 1. The van der Waals surface area contributed by atoms with Crippen molar-refractivity contribution in [1.29, 1.82) is 0 Å². The molecule has 0 radical (unpaired) electrons. The van der Waals surface area contributed by atoms with Gasteiger partial charge in [0, 0.05) is 18.6 Å². The molecule has 0 aromatic carbocycles. The molecule has 3 unspecified atom stereocenters. The van der Waals surface area contributed by atoms with E-state index in [9.17, 15) is 0 Å². The van der Waals surface area contributed by atoms with E-state index in [0.717, 1.165) is 23.9 Å². The lowest BCUT2D eigenvalue weighted by Crippen LogP contribution is -2.36. The summed E-state index contributed by atoms with van der Waals surface area (Å²) in [5.41, 5.74) is 0. The van der Waals surface area contributed by atoms with Gasteiger partial charge in [0.25, 0.3) is 0 Å². The highest BCUT2D eigenvalue weighted by Gasteiger charge is 2.29. The van der Waals surface area contributed by atoms with Gasteiger partial charge in [-0.05, 0) is 38.5 Å². The minimum Gasteiger partial charge on any atom is -0.298 e. The van der Waals surface area contributed by atoms with Crippen LogP contribution < -0.4 is 0 Å². The molecule has 1 heterocycles. The highest BCUT2D eigenvalue weighted by atomic mass is 15.2. The molecule has 78 valence electrons. The Balaban J connectivity index is 2.42. The maximum Gasteiger partial charge on any atom is 0.00728 e. The Bertz CT molecular complexity index is 153. The van der Waals surface area contributed by atoms with Crippen molar-refractivity contribution in [2.45, 2.75) is 59.5 Å². The van der Waals surface area contributed by atoms with Gasteiger partial charge in [0.1, 0.15) is 0 Å². The van der Waals surface area contributed by atoms with Crippen LogP contribution in [-0.2, 0) is 0 Å². The van der Waals surface area contributed by atoms with Crippen LogP contribution in [0.4, 0.5) is 0 Å². The first kappa shape index (κ1) is 11.0. The van der Waals surface area contributed by atoms with E-state index >= 15 is 0 Å². The second-order valence-electron chi connectivity index (χ2n) is 5.37. The largest absolute Gasteiger partial charge is 0.298 e. The quantitative estimate of drug-likeness (QED) is 0.649.